The van der Waals surface area contributed by atoms with E-state index in [9.17, 15) is 0 Å². The van der Waals surface area contributed by atoms with Gasteiger partial charge in [0.15, 0.2) is 0 Å². The van der Waals surface area contributed by atoms with Crippen molar-refractivity contribution in [2.75, 3.05) is 13.6 Å². The highest BCUT2D eigenvalue weighted by Gasteiger charge is 2.12. The maximum atomic E-state index is 2.42. The Labute approximate surface area is 80.4 Å². The van der Waals surface area contributed by atoms with Gasteiger partial charge < -0.3 is 4.90 Å². The molecule has 13 heavy (non-hydrogen) atoms. The third-order valence-corrected chi connectivity index (χ3v) is 2.92. The standard InChI is InChI=1S/C12H17N/c1-10-5-3-6-11-7-4-8-13(2)9-12(10)11/h3,5-6H,4,7-9H2,1-2H3. The van der Waals surface area contributed by atoms with E-state index in [1.165, 1.54) is 24.9 Å². The van der Waals surface area contributed by atoms with Crippen molar-refractivity contribution < 1.29 is 0 Å². The largest absolute Gasteiger partial charge is 0.302 e. The lowest BCUT2D eigenvalue weighted by atomic mass is 10.00. The molecule has 0 aromatic heterocycles. The number of hydrogen-bond donors (Lipinski definition) is 0. The summed E-state index contributed by atoms with van der Waals surface area (Å²) in [7, 11) is 2.21. The smallest absolute Gasteiger partial charge is 0.0236 e. The lowest BCUT2D eigenvalue weighted by Gasteiger charge is -2.15. The minimum atomic E-state index is 1.13. The summed E-state index contributed by atoms with van der Waals surface area (Å²) in [6.07, 6.45) is 2.55. The van der Waals surface area contributed by atoms with Crippen LogP contribution in [0, 0.1) is 6.92 Å². The molecule has 0 saturated heterocycles. The molecule has 0 fully saturated rings. The summed E-state index contributed by atoms with van der Waals surface area (Å²) in [5.74, 6) is 0. The molecule has 1 aromatic rings. The van der Waals surface area contributed by atoms with Crippen molar-refractivity contribution in [3.05, 3.63) is 34.9 Å². The van der Waals surface area contributed by atoms with E-state index in [0.717, 1.165) is 6.54 Å². The summed E-state index contributed by atoms with van der Waals surface area (Å²) >= 11 is 0. The SMILES string of the molecule is Cc1cccc2c1CN(C)CCC2. The van der Waals surface area contributed by atoms with Crippen molar-refractivity contribution in [2.24, 2.45) is 0 Å². The maximum absolute atomic E-state index is 2.42. The van der Waals surface area contributed by atoms with Crippen LogP contribution in [0.25, 0.3) is 0 Å². The molecule has 0 saturated carbocycles. The number of rotatable bonds is 0. The fourth-order valence-corrected chi connectivity index (χ4v) is 2.11. The van der Waals surface area contributed by atoms with Gasteiger partial charge in [-0.15, -0.1) is 0 Å². The molecular weight excluding hydrogens is 158 g/mol. The van der Waals surface area contributed by atoms with Crippen molar-refractivity contribution >= 4 is 0 Å². The van der Waals surface area contributed by atoms with Crippen molar-refractivity contribution in [1.29, 1.82) is 0 Å². The lowest BCUT2D eigenvalue weighted by Crippen LogP contribution is -2.17. The predicted octanol–water partition coefficient (Wildman–Crippen LogP) is 2.37. The number of benzene rings is 1. The van der Waals surface area contributed by atoms with Gasteiger partial charge in [0.2, 0.25) is 0 Å². The summed E-state index contributed by atoms with van der Waals surface area (Å²) in [5.41, 5.74) is 4.57. The van der Waals surface area contributed by atoms with Gasteiger partial charge >= 0.3 is 0 Å². The molecule has 1 heteroatoms. The van der Waals surface area contributed by atoms with E-state index in [0.29, 0.717) is 0 Å². The molecule has 0 spiro atoms. The summed E-state index contributed by atoms with van der Waals surface area (Å²) < 4.78 is 0. The van der Waals surface area contributed by atoms with Crippen molar-refractivity contribution in [1.82, 2.24) is 4.90 Å². The molecule has 0 aliphatic carbocycles. The number of hydrogen-bond acceptors (Lipinski definition) is 1. The van der Waals surface area contributed by atoms with Crippen molar-refractivity contribution in [3.8, 4) is 0 Å². The molecule has 0 atom stereocenters. The summed E-state index contributed by atoms with van der Waals surface area (Å²) in [6, 6.07) is 6.68. The van der Waals surface area contributed by atoms with E-state index >= 15 is 0 Å². The quantitative estimate of drug-likeness (QED) is 0.585. The van der Waals surface area contributed by atoms with Crippen LogP contribution in [0.2, 0.25) is 0 Å². The lowest BCUT2D eigenvalue weighted by molar-refractivity contribution is 0.331. The van der Waals surface area contributed by atoms with E-state index in [2.05, 4.69) is 37.1 Å². The Morgan fingerprint density at radius 3 is 3.00 bits per heavy atom. The molecule has 1 heterocycles. The molecule has 0 N–H and O–H groups in total. The zero-order valence-corrected chi connectivity index (χ0v) is 8.51. The van der Waals surface area contributed by atoms with E-state index in [1.807, 2.05) is 0 Å². The van der Waals surface area contributed by atoms with E-state index in [1.54, 1.807) is 11.1 Å². The van der Waals surface area contributed by atoms with Crippen LogP contribution in [0.3, 0.4) is 0 Å². The second-order valence-electron chi connectivity index (χ2n) is 4.05. The van der Waals surface area contributed by atoms with Crippen LogP contribution in [-0.4, -0.2) is 18.5 Å². The van der Waals surface area contributed by atoms with E-state index < -0.39 is 0 Å². The van der Waals surface area contributed by atoms with Crippen LogP contribution in [0.5, 0.6) is 0 Å². The molecule has 1 aliphatic rings. The molecule has 0 radical (unpaired) electrons. The molecule has 0 bridgehead atoms. The Kier molecular flexibility index (Phi) is 2.36. The minimum Gasteiger partial charge on any atom is -0.302 e. The molecular formula is C12H17N. The zero-order valence-electron chi connectivity index (χ0n) is 8.51. The van der Waals surface area contributed by atoms with Crippen molar-refractivity contribution in [3.63, 3.8) is 0 Å². The molecule has 1 aromatic carbocycles. The normalized spacial score (nSPS) is 18.0. The fraction of sp³-hybridized carbons (Fsp3) is 0.500. The second kappa shape index (κ2) is 3.51. The fourth-order valence-electron chi connectivity index (χ4n) is 2.11. The van der Waals surface area contributed by atoms with Gasteiger partial charge in [-0.3, -0.25) is 0 Å². The Balaban J connectivity index is 2.40. The van der Waals surface area contributed by atoms with Crippen LogP contribution in [0.1, 0.15) is 23.1 Å². The third-order valence-electron chi connectivity index (χ3n) is 2.92. The first-order valence-electron chi connectivity index (χ1n) is 5.03. The number of fused-ring (bicyclic) bond motifs is 1. The van der Waals surface area contributed by atoms with Crippen LogP contribution in [-0.2, 0) is 13.0 Å². The third kappa shape index (κ3) is 1.75. The molecule has 70 valence electrons. The van der Waals surface area contributed by atoms with Gasteiger partial charge in [0, 0.05) is 6.54 Å². The van der Waals surface area contributed by atoms with Gasteiger partial charge in [-0.2, -0.15) is 0 Å². The van der Waals surface area contributed by atoms with Gasteiger partial charge in [0.1, 0.15) is 0 Å². The Hall–Kier alpha value is -0.820. The van der Waals surface area contributed by atoms with Crippen LogP contribution >= 0.6 is 0 Å². The first-order valence-corrected chi connectivity index (χ1v) is 5.03. The molecule has 2 rings (SSSR count). The summed E-state index contributed by atoms with van der Waals surface area (Å²) in [5, 5.41) is 0. The van der Waals surface area contributed by atoms with Crippen molar-refractivity contribution in [2.45, 2.75) is 26.3 Å². The van der Waals surface area contributed by atoms with Crippen LogP contribution in [0.4, 0.5) is 0 Å². The van der Waals surface area contributed by atoms with Gasteiger partial charge in [-0.05, 0) is 50.0 Å². The molecule has 1 nitrogen and oxygen atoms in total. The predicted molar refractivity (Wildman–Crippen MR) is 55.8 cm³/mol. The van der Waals surface area contributed by atoms with Gasteiger partial charge in [-0.1, -0.05) is 18.2 Å². The average molecular weight is 175 g/mol. The Morgan fingerprint density at radius 2 is 2.15 bits per heavy atom. The van der Waals surface area contributed by atoms with Gasteiger partial charge in [0.25, 0.3) is 0 Å². The maximum Gasteiger partial charge on any atom is 0.0236 e. The highest BCUT2D eigenvalue weighted by Crippen LogP contribution is 2.20. The first kappa shape index (κ1) is 8.76. The first-order chi connectivity index (χ1) is 6.27. The van der Waals surface area contributed by atoms with Gasteiger partial charge in [-0.25, -0.2) is 0 Å². The van der Waals surface area contributed by atoms with Crippen LogP contribution in [0.15, 0.2) is 18.2 Å². The number of nitrogens with zero attached hydrogens (tertiary/aromatic N) is 1. The molecule has 0 unspecified atom stereocenters. The van der Waals surface area contributed by atoms with Gasteiger partial charge in [0.05, 0.1) is 0 Å². The number of aryl methyl sites for hydroxylation is 2. The summed E-state index contributed by atoms with van der Waals surface area (Å²) in [4.78, 5) is 2.42. The van der Waals surface area contributed by atoms with E-state index in [4.69, 9.17) is 0 Å². The average Bonchev–Trinajstić information content (AvgIpc) is 2.28. The van der Waals surface area contributed by atoms with E-state index in [-0.39, 0.29) is 0 Å². The minimum absolute atomic E-state index is 1.13. The van der Waals surface area contributed by atoms with Crippen LogP contribution < -0.4 is 0 Å². The monoisotopic (exact) mass is 175 g/mol. The molecule has 0 amide bonds. The second-order valence-corrected chi connectivity index (χ2v) is 4.05. The Bertz CT molecular complexity index is 304. The zero-order chi connectivity index (χ0) is 9.26. The summed E-state index contributed by atoms with van der Waals surface area (Å²) in [6.45, 7) is 4.58. The molecule has 1 aliphatic heterocycles. The highest BCUT2D eigenvalue weighted by molar-refractivity contribution is 5.35. The highest BCUT2D eigenvalue weighted by atomic mass is 15.1. The Morgan fingerprint density at radius 1 is 1.31 bits per heavy atom. The topological polar surface area (TPSA) is 3.24 Å².